The van der Waals surface area contributed by atoms with Crippen LogP contribution in [0.3, 0.4) is 0 Å². The fourth-order valence-corrected chi connectivity index (χ4v) is 9.10. The third kappa shape index (κ3) is 8.40. The molecule has 0 atom stereocenters. The number of nitrogens with zero attached hydrogens (tertiary/aromatic N) is 2. The van der Waals surface area contributed by atoms with Gasteiger partial charge in [0.15, 0.2) is 0 Å². The van der Waals surface area contributed by atoms with E-state index >= 15 is 0 Å². The largest absolute Gasteiger partial charge is 0.308 e. The Hall–Kier alpha value is -3.18. The molecule has 0 unspecified atom stereocenters. The van der Waals surface area contributed by atoms with Crippen molar-refractivity contribution in [3.63, 3.8) is 0 Å². The lowest BCUT2D eigenvalue weighted by Gasteiger charge is -2.19. The van der Waals surface area contributed by atoms with Gasteiger partial charge in [0.25, 0.3) is 11.8 Å². The molecule has 272 valence electrons. The first-order valence-corrected chi connectivity index (χ1v) is 21.3. The summed E-state index contributed by atoms with van der Waals surface area (Å²) in [4.78, 5) is 31.5. The fraction of sp³-hybridized carbons (Fsp3) is 0.522. The van der Waals surface area contributed by atoms with Crippen LogP contribution < -0.4 is 9.80 Å². The molecule has 5 heteroatoms. The maximum atomic E-state index is 13.8. The first-order valence-electron chi connectivity index (χ1n) is 20.5. The van der Waals surface area contributed by atoms with Crippen molar-refractivity contribution in [1.82, 2.24) is 0 Å². The molecule has 0 fully saturated rings. The zero-order valence-electron chi connectivity index (χ0n) is 31.3. The van der Waals surface area contributed by atoms with Crippen LogP contribution in [0.2, 0.25) is 0 Å². The first-order chi connectivity index (χ1) is 25.1. The van der Waals surface area contributed by atoms with E-state index in [0.717, 1.165) is 92.0 Å². The minimum absolute atomic E-state index is 0.115. The summed E-state index contributed by atoms with van der Waals surface area (Å²) in [6, 6.07) is 18.9. The van der Waals surface area contributed by atoms with Crippen molar-refractivity contribution >= 4 is 60.7 Å². The van der Waals surface area contributed by atoms with Crippen molar-refractivity contribution < 1.29 is 9.59 Å². The van der Waals surface area contributed by atoms with Gasteiger partial charge in [-0.2, -0.15) is 0 Å². The molecule has 0 saturated heterocycles. The predicted octanol–water partition coefficient (Wildman–Crippen LogP) is 14.2. The number of carbonyl (C=O) groups excluding carboxylic acids is 2. The number of halogens is 1. The number of benzene rings is 4. The molecule has 0 radical (unpaired) electrons. The van der Waals surface area contributed by atoms with Gasteiger partial charge in [0.2, 0.25) is 0 Å². The monoisotopic (exact) mass is 750 g/mol. The maximum Gasteiger partial charge on any atom is 0.258 e. The summed E-state index contributed by atoms with van der Waals surface area (Å²) in [5, 5.41) is 4.28. The fourth-order valence-electron chi connectivity index (χ4n) is 8.56. The number of hydrogen-bond acceptors (Lipinski definition) is 2. The van der Waals surface area contributed by atoms with Crippen LogP contribution in [0.4, 0.5) is 11.4 Å². The summed E-state index contributed by atoms with van der Waals surface area (Å²) in [6.45, 7) is 6.07. The molecule has 0 N–H and O–H groups in total. The van der Waals surface area contributed by atoms with Gasteiger partial charge in [-0.3, -0.25) is 9.59 Å². The van der Waals surface area contributed by atoms with E-state index < -0.39 is 0 Å². The molecule has 0 spiro atoms. The van der Waals surface area contributed by atoms with Crippen LogP contribution >= 0.6 is 15.9 Å². The Kier molecular flexibility index (Phi) is 13.7. The molecule has 0 aromatic heterocycles. The molecule has 0 bridgehead atoms. The Morgan fingerprint density at radius 3 is 1.41 bits per heavy atom. The van der Waals surface area contributed by atoms with Gasteiger partial charge >= 0.3 is 0 Å². The highest BCUT2D eigenvalue weighted by Gasteiger charge is 2.33. The Bertz CT molecular complexity index is 1810. The Labute approximate surface area is 315 Å². The lowest BCUT2D eigenvalue weighted by Crippen LogP contribution is -2.27. The highest BCUT2D eigenvalue weighted by atomic mass is 79.9. The van der Waals surface area contributed by atoms with E-state index in [9.17, 15) is 9.59 Å². The number of anilines is 2. The highest BCUT2D eigenvalue weighted by molar-refractivity contribution is 9.10. The van der Waals surface area contributed by atoms with Crippen LogP contribution in [-0.4, -0.2) is 24.9 Å². The normalized spacial score (nSPS) is 13.5. The van der Waals surface area contributed by atoms with Crippen molar-refractivity contribution in [2.24, 2.45) is 0 Å². The minimum Gasteiger partial charge on any atom is -0.308 e. The van der Waals surface area contributed by atoms with E-state index in [1.54, 1.807) is 0 Å². The zero-order valence-corrected chi connectivity index (χ0v) is 32.9. The molecular weight excluding hydrogens is 692 g/mol. The van der Waals surface area contributed by atoms with Gasteiger partial charge in [0.05, 0.1) is 11.4 Å². The van der Waals surface area contributed by atoms with E-state index in [1.165, 1.54) is 109 Å². The van der Waals surface area contributed by atoms with E-state index in [0.29, 0.717) is 0 Å². The van der Waals surface area contributed by atoms with Crippen molar-refractivity contribution in [1.29, 1.82) is 0 Å². The average molecular weight is 752 g/mol. The third-order valence-electron chi connectivity index (χ3n) is 11.4. The number of carbonyl (C=O) groups is 2. The minimum atomic E-state index is 0.115. The Morgan fingerprint density at radius 1 is 0.431 bits per heavy atom. The zero-order chi connectivity index (χ0) is 35.6. The van der Waals surface area contributed by atoms with E-state index in [4.69, 9.17) is 0 Å². The van der Waals surface area contributed by atoms with Crippen LogP contribution in [0.25, 0.3) is 32.7 Å². The van der Waals surface area contributed by atoms with Crippen LogP contribution in [0.5, 0.6) is 0 Å². The second-order valence-corrected chi connectivity index (χ2v) is 16.0. The number of hydrogen-bond donors (Lipinski definition) is 0. The Balaban J connectivity index is 1.14. The van der Waals surface area contributed by atoms with Crippen molar-refractivity contribution in [3.8, 4) is 11.1 Å². The summed E-state index contributed by atoms with van der Waals surface area (Å²) >= 11 is 3.89. The van der Waals surface area contributed by atoms with Crippen LogP contribution in [0.15, 0.2) is 59.1 Å². The van der Waals surface area contributed by atoms with Crippen LogP contribution in [-0.2, 0) is 0 Å². The molecule has 2 aliphatic rings. The van der Waals surface area contributed by atoms with Gasteiger partial charge < -0.3 is 9.80 Å². The number of unbranched alkanes of at least 4 members (excludes halogenated alkanes) is 18. The standard InChI is InChI=1S/C46H59BrN2O2/c1-3-5-7-9-11-13-15-17-19-21-32-48-40-30-28-34(35-24-23-25-37(42(35)40)45(48)50)36-26-27-38-44-41(31-29-39(47)43(36)44)49(46(38)51)33-22-20-18-16-14-12-10-8-6-4-2/h23-31H,3-22,32-33H2,1-2H3. The molecule has 4 aromatic rings. The van der Waals surface area contributed by atoms with Crippen molar-refractivity contribution in [2.75, 3.05) is 22.9 Å². The molecule has 6 rings (SSSR count). The maximum absolute atomic E-state index is 13.8. The van der Waals surface area contributed by atoms with Gasteiger partial charge in [0.1, 0.15) is 0 Å². The molecule has 0 saturated carbocycles. The summed E-state index contributed by atoms with van der Waals surface area (Å²) in [6.07, 6.45) is 25.7. The van der Waals surface area contributed by atoms with Crippen LogP contribution in [0.1, 0.15) is 163 Å². The molecule has 2 heterocycles. The molecule has 4 nitrogen and oxygen atoms in total. The van der Waals surface area contributed by atoms with Crippen molar-refractivity contribution in [2.45, 2.75) is 142 Å². The smallest absolute Gasteiger partial charge is 0.258 e. The van der Waals surface area contributed by atoms with E-state index in [-0.39, 0.29) is 11.8 Å². The molecule has 2 aliphatic heterocycles. The van der Waals surface area contributed by atoms with Gasteiger partial charge in [-0.25, -0.2) is 0 Å². The van der Waals surface area contributed by atoms with E-state index in [2.05, 4.69) is 66.2 Å². The lowest BCUT2D eigenvalue weighted by atomic mass is 9.91. The van der Waals surface area contributed by atoms with Gasteiger partial charge in [-0.15, -0.1) is 0 Å². The SMILES string of the molecule is CCCCCCCCCCCCN1C(=O)c2cccc3c(-c4ccc5c6c(ccc(Br)c46)N(CCCCCCCCCCCC)C5=O)ccc1c23. The molecular formula is C46H59BrN2O2. The van der Waals surface area contributed by atoms with Gasteiger partial charge in [0, 0.05) is 44.8 Å². The number of rotatable bonds is 23. The summed E-state index contributed by atoms with van der Waals surface area (Å²) in [5.41, 5.74) is 5.86. The second kappa shape index (κ2) is 18.5. The molecule has 2 amide bonds. The highest BCUT2D eigenvalue weighted by Crippen LogP contribution is 2.48. The molecule has 51 heavy (non-hydrogen) atoms. The van der Waals surface area contributed by atoms with Gasteiger partial charge in [-0.05, 0) is 59.7 Å². The average Bonchev–Trinajstić information content (AvgIpc) is 3.58. The quantitative estimate of drug-likeness (QED) is 0.0708. The van der Waals surface area contributed by atoms with E-state index in [1.807, 2.05) is 28.0 Å². The third-order valence-corrected chi connectivity index (χ3v) is 12.1. The molecule has 0 aliphatic carbocycles. The number of amides is 2. The van der Waals surface area contributed by atoms with Crippen LogP contribution in [0, 0.1) is 0 Å². The molecule has 4 aromatic carbocycles. The van der Waals surface area contributed by atoms with Gasteiger partial charge in [-0.1, -0.05) is 170 Å². The Morgan fingerprint density at radius 2 is 0.863 bits per heavy atom. The predicted molar refractivity (Wildman–Crippen MR) is 222 cm³/mol. The lowest BCUT2D eigenvalue weighted by molar-refractivity contribution is 0.0985. The summed E-state index contributed by atoms with van der Waals surface area (Å²) in [7, 11) is 0. The second-order valence-electron chi connectivity index (χ2n) is 15.1. The first kappa shape index (κ1) is 37.6. The topological polar surface area (TPSA) is 40.6 Å². The van der Waals surface area contributed by atoms with Crippen molar-refractivity contribution in [3.05, 3.63) is 70.2 Å². The summed E-state index contributed by atoms with van der Waals surface area (Å²) < 4.78 is 0.994. The summed E-state index contributed by atoms with van der Waals surface area (Å²) in [5.74, 6) is 0.239.